The molecule has 1 aromatic heterocycles. The van der Waals surface area contributed by atoms with Crippen molar-refractivity contribution >= 4 is 23.2 Å². The number of ether oxygens (including phenoxy) is 1. The molecule has 1 fully saturated rings. The van der Waals surface area contributed by atoms with Crippen LogP contribution in [0.5, 0.6) is 5.75 Å². The fourth-order valence-electron chi connectivity index (χ4n) is 3.51. The highest BCUT2D eigenvalue weighted by molar-refractivity contribution is 5.81. The Morgan fingerprint density at radius 1 is 0.935 bits per heavy atom. The Hall–Kier alpha value is -3.61. The highest BCUT2D eigenvalue weighted by Crippen LogP contribution is 2.19. The quantitative estimate of drug-likeness (QED) is 0.660. The molecule has 7 nitrogen and oxygen atoms in total. The standard InChI is InChI=1S/C24H27N5O2/c1-18-8-10-20(11-9-18)25-22-12-13-23(27-26-22)28-14-16-29(17-15-28)24(30)19(2)31-21-6-4-3-5-7-21/h3-13,19H,14-17H2,1-2H3,(H,25,26)/t19-/m0/s1. The second kappa shape index (κ2) is 9.47. The van der Waals surface area contributed by atoms with Gasteiger partial charge in [-0.15, -0.1) is 10.2 Å². The molecule has 1 aliphatic heterocycles. The largest absolute Gasteiger partial charge is 0.481 e. The first-order valence-corrected chi connectivity index (χ1v) is 10.5. The molecule has 1 amide bonds. The SMILES string of the molecule is Cc1ccc(Nc2ccc(N3CCN(C(=O)[C@H](C)Oc4ccccc4)CC3)nn2)cc1. The monoisotopic (exact) mass is 417 g/mol. The summed E-state index contributed by atoms with van der Waals surface area (Å²) in [4.78, 5) is 16.7. The van der Waals surface area contributed by atoms with Crippen LogP contribution in [0.1, 0.15) is 12.5 Å². The van der Waals surface area contributed by atoms with E-state index in [0.717, 1.165) is 11.5 Å². The van der Waals surface area contributed by atoms with Crippen molar-refractivity contribution in [1.29, 1.82) is 0 Å². The Bertz CT molecular complexity index is 985. The van der Waals surface area contributed by atoms with Crippen LogP contribution in [0.25, 0.3) is 0 Å². The van der Waals surface area contributed by atoms with Crippen molar-refractivity contribution in [2.75, 3.05) is 36.4 Å². The van der Waals surface area contributed by atoms with Gasteiger partial charge < -0.3 is 19.9 Å². The molecule has 3 aromatic rings. The molecule has 0 saturated carbocycles. The van der Waals surface area contributed by atoms with Crippen LogP contribution in [0.15, 0.2) is 66.7 Å². The molecule has 0 bridgehead atoms. The van der Waals surface area contributed by atoms with E-state index in [0.29, 0.717) is 37.7 Å². The minimum Gasteiger partial charge on any atom is -0.481 e. The Morgan fingerprint density at radius 3 is 2.29 bits per heavy atom. The molecule has 160 valence electrons. The smallest absolute Gasteiger partial charge is 0.263 e. The molecule has 0 aliphatic carbocycles. The summed E-state index contributed by atoms with van der Waals surface area (Å²) in [6.45, 7) is 6.54. The van der Waals surface area contributed by atoms with E-state index < -0.39 is 6.10 Å². The summed E-state index contributed by atoms with van der Waals surface area (Å²) < 4.78 is 5.78. The van der Waals surface area contributed by atoms with Crippen LogP contribution in [-0.4, -0.2) is 53.3 Å². The van der Waals surface area contributed by atoms with E-state index in [2.05, 4.69) is 39.5 Å². The predicted octanol–water partition coefficient (Wildman–Crippen LogP) is 3.64. The Morgan fingerprint density at radius 2 is 1.65 bits per heavy atom. The third-order valence-corrected chi connectivity index (χ3v) is 5.29. The zero-order chi connectivity index (χ0) is 21.6. The van der Waals surface area contributed by atoms with Crippen LogP contribution in [0.3, 0.4) is 0 Å². The van der Waals surface area contributed by atoms with Gasteiger partial charge in [-0.25, -0.2) is 0 Å². The number of piperazine rings is 1. The number of carbonyl (C=O) groups excluding carboxylic acids is 1. The second-order valence-electron chi connectivity index (χ2n) is 7.65. The molecule has 1 atom stereocenters. The molecule has 4 rings (SSSR count). The highest BCUT2D eigenvalue weighted by atomic mass is 16.5. The average molecular weight is 418 g/mol. The van der Waals surface area contributed by atoms with Gasteiger partial charge in [0, 0.05) is 31.9 Å². The molecule has 0 unspecified atom stereocenters. The van der Waals surface area contributed by atoms with Gasteiger partial charge in [0.1, 0.15) is 5.75 Å². The molecular weight excluding hydrogens is 390 g/mol. The number of rotatable bonds is 6. The van der Waals surface area contributed by atoms with Gasteiger partial charge in [-0.05, 0) is 50.2 Å². The summed E-state index contributed by atoms with van der Waals surface area (Å²) in [6, 6.07) is 21.5. The molecule has 0 spiro atoms. The van der Waals surface area contributed by atoms with Crippen molar-refractivity contribution in [3.05, 3.63) is 72.3 Å². The van der Waals surface area contributed by atoms with E-state index in [4.69, 9.17) is 4.74 Å². The molecule has 1 N–H and O–H groups in total. The first kappa shape index (κ1) is 20.7. The minimum absolute atomic E-state index is 0.00670. The van der Waals surface area contributed by atoms with E-state index >= 15 is 0 Å². The van der Waals surface area contributed by atoms with Crippen molar-refractivity contribution in [1.82, 2.24) is 15.1 Å². The van der Waals surface area contributed by atoms with Crippen molar-refractivity contribution in [3.8, 4) is 5.75 Å². The number of nitrogens with zero attached hydrogens (tertiary/aromatic N) is 4. The molecule has 2 heterocycles. The normalized spacial score (nSPS) is 14.8. The number of carbonyl (C=O) groups is 1. The van der Waals surface area contributed by atoms with Gasteiger partial charge in [0.05, 0.1) is 0 Å². The Kier molecular flexibility index (Phi) is 6.31. The Labute approximate surface area is 182 Å². The lowest BCUT2D eigenvalue weighted by molar-refractivity contribution is -0.138. The average Bonchev–Trinajstić information content (AvgIpc) is 2.81. The molecular formula is C24H27N5O2. The number of amides is 1. The maximum atomic E-state index is 12.7. The van der Waals surface area contributed by atoms with Gasteiger partial charge in [0.2, 0.25) is 0 Å². The van der Waals surface area contributed by atoms with Gasteiger partial charge in [-0.1, -0.05) is 35.9 Å². The predicted molar refractivity (Wildman–Crippen MR) is 122 cm³/mol. The topological polar surface area (TPSA) is 70.6 Å². The number of nitrogens with one attached hydrogen (secondary N) is 1. The summed E-state index contributed by atoms with van der Waals surface area (Å²) in [6.07, 6.45) is -0.513. The van der Waals surface area contributed by atoms with E-state index in [-0.39, 0.29) is 5.91 Å². The number of hydrogen-bond acceptors (Lipinski definition) is 6. The fraction of sp³-hybridized carbons (Fsp3) is 0.292. The van der Waals surface area contributed by atoms with Crippen molar-refractivity contribution in [2.24, 2.45) is 0 Å². The second-order valence-corrected chi connectivity index (χ2v) is 7.65. The lowest BCUT2D eigenvalue weighted by atomic mass is 10.2. The summed E-state index contributed by atoms with van der Waals surface area (Å²) in [5.74, 6) is 2.23. The lowest BCUT2D eigenvalue weighted by Gasteiger charge is -2.36. The molecule has 7 heteroatoms. The summed E-state index contributed by atoms with van der Waals surface area (Å²) in [5.41, 5.74) is 2.19. The van der Waals surface area contributed by atoms with Crippen LogP contribution in [0, 0.1) is 6.92 Å². The van der Waals surface area contributed by atoms with Crippen LogP contribution in [-0.2, 0) is 4.79 Å². The summed E-state index contributed by atoms with van der Waals surface area (Å²) in [7, 11) is 0. The number of benzene rings is 2. The summed E-state index contributed by atoms with van der Waals surface area (Å²) in [5, 5.41) is 11.9. The third kappa shape index (κ3) is 5.31. The fourth-order valence-corrected chi connectivity index (χ4v) is 3.51. The number of aromatic nitrogens is 2. The van der Waals surface area contributed by atoms with Gasteiger partial charge in [0.25, 0.3) is 5.91 Å². The molecule has 2 aromatic carbocycles. The van der Waals surface area contributed by atoms with Crippen molar-refractivity contribution in [3.63, 3.8) is 0 Å². The van der Waals surface area contributed by atoms with Crippen LogP contribution < -0.4 is 15.0 Å². The van der Waals surface area contributed by atoms with Gasteiger partial charge in [0.15, 0.2) is 17.7 Å². The number of hydrogen-bond donors (Lipinski definition) is 1. The lowest BCUT2D eigenvalue weighted by Crippen LogP contribution is -2.52. The van der Waals surface area contributed by atoms with E-state index in [1.165, 1.54) is 5.56 Å². The van der Waals surface area contributed by atoms with Crippen LogP contribution >= 0.6 is 0 Å². The highest BCUT2D eigenvalue weighted by Gasteiger charge is 2.26. The molecule has 1 saturated heterocycles. The van der Waals surface area contributed by atoms with Crippen LogP contribution in [0.2, 0.25) is 0 Å². The van der Waals surface area contributed by atoms with Gasteiger partial charge in [-0.2, -0.15) is 0 Å². The number of para-hydroxylation sites is 1. The molecule has 1 aliphatic rings. The number of aryl methyl sites for hydroxylation is 1. The first-order valence-electron chi connectivity index (χ1n) is 10.5. The van der Waals surface area contributed by atoms with Gasteiger partial charge in [-0.3, -0.25) is 4.79 Å². The van der Waals surface area contributed by atoms with E-state index in [9.17, 15) is 4.79 Å². The van der Waals surface area contributed by atoms with Crippen molar-refractivity contribution < 1.29 is 9.53 Å². The maximum absolute atomic E-state index is 12.7. The third-order valence-electron chi connectivity index (χ3n) is 5.29. The zero-order valence-corrected chi connectivity index (χ0v) is 17.9. The summed E-state index contributed by atoms with van der Waals surface area (Å²) >= 11 is 0. The maximum Gasteiger partial charge on any atom is 0.263 e. The minimum atomic E-state index is -0.513. The number of anilines is 3. The molecule has 31 heavy (non-hydrogen) atoms. The van der Waals surface area contributed by atoms with Crippen molar-refractivity contribution in [2.45, 2.75) is 20.0 Å². The molecule has 0 radical (unpaired) electrons. The van der Waals surface area contributed by atoms with E-state index in [1.807, 2.05) is 59.5 Å². The zero-order valence-electron chi connectivity index (χ0n) is 17.9. The van der Waals surface area contributed by atoms with E-state index in [1.54, 1.807) is 6.92 Å². The first-order chi connectivity index (χ1) is 15.1. The van der Waals surface area contributed by atoms with Gasteiger partial charge >= 0.3 is 0 Å². The van der Waals surface area contributed by atoms with Crippen LogP contribution in [0.4, 0.5) is 17.3 Å². The Balaban J connectivity index is 1.29.